The number of pyridine rings is 1. The Hall–Kier alpha value is -2.37. The number of hydrogen-bond acceptors (Lipinski definition) is 6. The average molecular weight is 231 g/mol. The Morgan fingerprint density at radius 1 is 1.41 bits per heavy atom. The summed E-state index contributed by atoms with van der Waals surface area (Å²) < 4.78 is 5.28. The number of nitrogens with two attached hydrogens (primary N) is 1. The Kier molecular flexibility index (Phi) is 3.34. The van der Waals surface area contributed by atoms with Gasteiger partial charge in [0.2, 0.25) is 5.88 Å². The SMILES string of the molecule is CCOc1ncnc(Nc2cccnc2)c1N. The molecular weight excluding hydrogens is 218 g/mol. The van der Waals surface area contributed by atoms with Crippen molar-refractivity contribution < 1.29 is 4.74 Å². The average Bonchev–Trinajstić information content (AvgIpc) is 2.36. The second kappa shape index (κ2) is 5.11. The molecule has 0 unspecified atom stereocenters. The molecule has 0 aliphatic carbocycles. The van der Waals surface area contributed by atoms with Crippen LogP contribution in [0.15, 0.2) is 30.9 Å². The van der Waals surface area contributed by atoms with Gasteiger partial charge in [0.25, 0.3) is 0 Å². The van der Waals surface area contributed by atoms with E-state index in [1.807, 2.05) is 19.1 Å². The summed E-state index contributed by atoms with van der Waals surface area (Å²) in [5.41, 5.74) is 7.08. The fraction of sp³-hybridized carbons (Fsp3) is 0.182. The minimum absolute atomic E-state index is 0.383. The molecule has 0 radical (unpaired) electrons. The lowest BCUT2D eigenvalue weighted by Crippen LogP contribution is -2.05. The van der Waals surface area contributed by atoms with E-state index in [1.54, 1.807) is 12.4 Å². The second-order valence-electron chi connectivity index (χ2n) is 3.24. The Bertz CT molecular complexity index is 488. The molecule has 0 saturated carbocycles. The van der Waals surface area contributed by atoms with E-state index in [1.165, 1.54) is 6.33 Å². The zero-order valence-corrected chi connectivity index (χ0v) is 9.42. The molecule has 2 aromatic rings. The fourth-order valence-electron chi connectivity index (χ4n) is 1.30. The van der Waals surface area contributed by atoms with Crippen LogP contribution in [0, 0.1) is 0 Å². The largest absolute Gasteiger partial charge is 0.476 e. The van der Waals surface area contributed by atoms with E-state index in [0.717, 1.165) is 5.69 Å². The molecule has 0 atom stereocenters. The third-order valence-corrected chi connectivity index (χ3v) is 2.05. The topological polar surface area (TPSA) is 86.0 Å². The second-order valence-corrected chi connectivity index (χ2v) is 3.24. The van der Waals surface area contributed by atoms with Gasteiger partial charge < -0.3 is 15.8 Å². The van der Waals surface area contributed by atoms with Gasteiger partial charge in [-0.1, -0.05) is 0 Å². The van der Waals surface area contributed by atoms with Crippen molar-refractivity contribution in [1.82, 2.24) is 15.0 Å². The molecule has 88 valence electrons. The summed E-state index contributed by atoms with van der Waals surface area (Å²) in [6.07, 6.45) is 4.78. The molecule has 2 heterocycles. The van der Waals surface area contributed by atoms with Crippen LogP contribution in [0.2, 0.25) is 0 Å². The predicted molar refractivity (Wildman–Crippen MR) is 65.1 cm³/mol. The summed E-state index contributed by atoms with van der Waals surface area (Å²) in [4.78, 5) is 12.0. The van der Waals surface area contributed by atoms with Crippen molar-refractivity contribution in [3.05, 3.63) is 30.9 Å². The highest BCUT2D eigenvalue weighted by atomic mass is 16.5. The van der Waals surface area contributed by atoms with Crippen LogP contribution in [-0.2, 0) is 0 Å². The molecule has 0 amide bonds. The van der Waals surface area contributed by atoms with E-state index in [0.29, 0.717) is 24.0 Å². The van der Waals surface area contributed by atoms with Gasteiger partial charge in [-0.15, -0.1) is 0 Å². The molecule has 0 aliphatic heterocycles. The van der Waals surface area contributed by atoms with Crippen LogP contribution in [0.1, 0.15) is 6.92 Å². The number of rotatable bonds is 4. The molecular formula is C11H13N5O. The lowest BCUT2D eigenvalue weighted by Gasteiger charge is -2.10. The first-order valence-electron chi connectivity index (χ1n) is 5.21. The molecule has 2 aromatic heterocycles. The molecule has 6 nitrogen and oxygen atoms in total. The minimum Gasteiger partial charge on any atom is -0.476 e. The first-order chi connectivity index (χ1) is 8.31. The monoisotopic (exact) mass is 231 g/mol. The summed E-state index contributed by atoms with van der Waals surface area (Å²) >= 11 is 0. The van der Waals surface area contributed by atoms with Crippen molar-refractivity contribution in [1.29, 1.82) is 0 Å². The lowest BCUT2D eigenvalue weighted by molar-refractivity contribution is 0.328. The molecule has 0 bridgehead atoms. The smallest absolute Gasteiger partial charge is 0.242 e. The normalized spacial score (nSPS) is 9.94. The number of hydrogen-bond donors (Lipinski definition) is 2. The zero-order chi connectivity index (χ0) is 12.1. The summed E-state index contributed by atoms with van der Waals surface area (Å²) in [7, 11) is 0. The molecule has 0 saturated heterocycles. The summed E-state index contributed by atoms with van der Waals surface area (Å²) in [5, 5.41) is 3.05. The summed E-state index contributed by atoms with van der Waals surface area (Å²) in [6, 6.07) is 3.69. The quantitative estimate of drug-likeness (QED) is 0.831. The van der Waals surface area contributed by atoms with Gasteiger partial charge in [-0.2, -0.15) is 4.98 Å². The highest BCUT2D eigenvalue weighted by molar-refractivity contribution is 5.71. The third-order valence-electron chi connectivity index (χ3n) is 2.05. The number of nitrogens with zero attached hydrogens (tertiary/aromatic N) is 3. The van der Waals surface area contributed by atoms with Crippen molar-refractivity contribution in [3.63, 3.8) is 0 Å². The van der Waals surface area contributed by atoms with Crippen LogP contribution in [-0.4, -0.2) is 21.6 Å². The third kappa shape index (κ3) is 2.60. The van der Waals surface area contributed by atoms with Gasteiger partial charge in [0.05, 0.1) is 18.5 Å². The van der Waals surface area contributed by atoms with Gasteiger partial charge in [-0.3, -0.25) is 4.98 Å². The van der Waals surface area contributed by atoms with Crippen LogP contribution >= 0.6 is 0 Å². The molecule has 0 fully saturated rings. The van der Waals surface area contributed by atoms with Crippen LogP contribution in [0.4, 0.5) is 17.2 Å². The zero-order valence-electron chi connectivity index (χ0n) is 9.42. The molecule has 6 heteroatoms. The number of anilines is 3. The highest BCUT2D eigenvalue weighted by Gasteiger charge is 2.08. The van der Waals surface area contributed by atoms with Gasteiger partial charge in [0.1, 0.15) is 12.0 Å². The van der Waals surface area contributed by atoms with Crippen LogP contribution < -0.4 is 15.8 Å². The van der Waals surface area contributed by atoms with Crippen molar-refractivity contribution in [3.8, 4) is 5.88 Å². The Labute approximate surface area is 98.9 Å². The fourth-order valence-corrected chi connectivity index (χ4v) is 1.30. The lowest BCUT2D eigenvalue weighted by atomic mass is 10.4. The van der Waals surface area contributed by atoms with Gasteiger partial charge in [0, 0.05) is 6.20 Å². The first kappa shape index (κ1) is 11.1. The standard InChI is InChI=1S/C11H13N5O/c1-2-17-11-9(12)10(14-7-15-11)16-8-4-3-5-13-6-8/h3-7H,2,12H2,1H3,(H,14,15,16). The van der Waals surface area contributed by atoms with E-state index < -0.39 is 0 Å². The number of ether oxygens (including phenoxy) is 1. The van der Waals surface area contributed by atoms with Gasteiger partial charge in [-0.05, 0) is 19.1 Å². The minimum atomic E-state index is 0.383. The molecule has 0 aliphatic rings. The van der Waals surface area contributed by atoms with Crippen LogP contribution in [0.25, 0.3) is 0 Å². The van der Waals surface area contributed by atoms with Gasteiger partial charge in [-0.25, -0.2) is 4.98 Å². The summed E-state index contributed by atoms with van der Waals surface area (Å²) in [6.45, 7) is 2.38. The maximum absolute atomic E-state index is 5.88. The molecule has 3 N–H and O–H groups in total. The Morgan fingerprint density at radius 2 is 2.29 bits per heavy atom. The van der Waals surface area contributed by atoms with Crippen molar-refractivity contribution in [2.24, 2.45) is 0 Å². The molecule has 2 rings (SSSR count). The number of nitrogen functional groups attached to an aromatic ring is 1. The van der Waals surface area contributed by atoms with Gasteiger partial charge in [0.15, 0.2) is 5.82 Å². The van der Waals surface area contributed by atoms with Crippen LogP contribution in [0.3, 0.4) is 0 Å². The first-order valence-corrected chi connectivity index (χ1v) is 5.21. The molecule has 17 heavy (non-hydrogen) atoms. The van der Waals surface area contributed by atoms with Crippen molar-refractivity contribution in [2.75, 3.05) is 17.7 Å². The van der Waals surface area contributed by atoms with E-state index >= 15 is 0 Å². The Balaban J connectivity index is 2.24. The van der Waals surface area contributed by atoms with Crippen LogP contribution in [0.5, 0.6) is 5.88 Å². The number of aromatic nitrogens is 3. The number of nitrogens with one attached hydrogen (secondary N) is 1. The maximum Gasteiger partial charge on any atom is 0.242 e. The van der Waals surface area contributed by atoms with E-state index in [4.69, 9.17) is 10.5 Å². The van der Waals surface area contributed by atoms with Crippen molar-refractivity contribution >= 4 is 17.2 Å². The van der Waals surface area contributed by atoms with Crippen molar-refractivity contribution in [2.45, 2.75) is 6.92 Å². The van der Waals surface area contributed by atoms with Gasteiger partial charge >= 0.3 is 0 Å². The van der Waals surface area contributed by atoms with E-state index in [2.05, 4.69) is 20.3 Å². The molecule has 0 spiro atoms. The molecule has 0 aromatic carbocycles. The highest BCUT2D eigenvalue weighted by Crippen LogP contribution is 2.26. The maximum atomic E-state index is 5.88. The van der Waals surface area contributed by atoms with E-state index in [-0.39, 0.29) is 0 Å². The Morgan fingerprint density at radius 3 is 3.00 bits per heavy atom. The summed E-state index contributed by atoms with van der Waals surface area (Å²) in [5.74, 6) is 0.894. The predicted octanol–water partition coefficient (Wildman–Crippen LogP) is 1.60. The van der Waals surface area contributed by atoms with E-state index in [9.17, 15) is 0 Å².